The Morgan fingerprint density at radius 1 is 1.32 bits per heavy atom. The minimum absolute atomic E-state index is 0.00424. The Kier molecular flexibility index (Phi) is 5.58. The fraction of sp³-hybridized carbons (Fsp3) is 0.333. The third-order valence-corrected chi connectivity index (χ3v) is 5.27. The smallest absolute Gasteiger partial charge is 0.387 e. The Morgan fingerprint density at radius 2 is 1.96 bits per heavy atom. The van der Waals surface area contributed by atoms with E-state index in [1.165, 1.54) is 18.3 Å². The maximum absolute atomic E-state index is 15.5. The van der Waals surface area contributed by atoms with Gasteiger partial charge >= 0.3 is 6.18 Å². The number of carbonyl (C=O) groups excluding carboxylic acids is 1. The van der Waals surface area contributed by atoms with Gasteiger partial charge in [0.15, 0.2) is 0 Å². The molecule has 2 N–H and O–H groups in total. The van der Waals surface area contributed by atoms with Gasteiger partial charge in [-0.2, -0.15) is 13.2 Å². The number of rotatable bonds is 3. The molecule has 0 bridgehead atoms. The van der Waals surface area contributed by atoms with Crippen LogP contribution in [0.2, 0.25) is 10.0 Å². The third kappa shape index (κ3) is 3.81. The van der Waals surface area contributed by atoms with E-state index in [2.05, 4.69) is 10.3 Å². The van der Waals surface area contributed by atoms with Gasteiger partial charge in [0.05, 0.1) is 17.4 Å². The zero-order valence-corrected chi connectivity index (χ0v) is 15.7. The molecule has 2 aromatic rings. The van der Waals surface area contributed by atoms with E-state index >= 15 is 4.39 Å². The molecule has 0 unspecified atom stereocenters. The van der Waals surface area contributed by atoms with Crippen molar-refractivity contribution in [3.8, 4) is 0 Å². The molecule has 10 heteroatoms. The summed E-state index contributed by atoms with van der Waals surface area (Å²) in [4.78, 5) is 16.5. The number of amides is 1. The molecule has 0 radical (unpaired) electrons. The van der Waals surface area contributed by atoms with E-state index in [1.807, 2.05) is 0 Å². The van der Waals surface area contributed by atoms with Crippen LogP contribution in [-0.4, -0.2) is 16.0 Å². The van der Waals surface area contributed by atoms with Crippen LogP contribution in [0.25, 0.3) is 0 Å². The summed E-state index contributed by atoms with van der Waals surface area (Å²) in [5, 5.41) is 11.7. The van der Waals surface area contributed by atoms with Crippen molar-refractivity contribution in [2.75, 3.05) is 0 Å². The number of aromatic nitrogens is 1. The number of fused-ring (bicyclic) bond motifs is 1. The fourth-order valence-electron chi connectivity index (χ4n) is 3.11. The van der Waals surface area contributed by atoms with Crippen LogP contribution < -0.4 is 5.32 Å². The Morgan fingerprint density at radius 3 is 2.57 bits per heavy atom. The summed E-state index contributed by atoms with van der Waals surface area (Å²) in [5.41, 5.74) is -3.39. The fourth-order valence-corrected chi connectivity index (χ4v) is 3.73. The standard InChI is InChI=1S/C18H14Cl2F4N2O2/c19-12-6-9(18(22,23)24)7-13(20)10(12)8-26-16(28)17(21)4-3-14(27)15-11(17)2-1-5-25-15/h1-2,5-7,14,27H,3-4,8H2,(H,26,28)/t14-,17+/m1/s1. The van der Waals surface area contributed by atoms with Crippen LogP contribution in [-0.2, 0) is 23.2 Å². The molecule has 0 aliphatic heterocycles. The summed E-state index contributed by atoms with van der Waals surface area (Å²) in [6.07, 6.45) is -4.50. The molecule has 0 saturated heterocycles. The van der Waals surface area contributed by atoms with Crippen molar-refractivity contribution in [1.82, 2.24) is 10.3 Å². The van der Waals surface area contributed by atoms with Crippen molar-refractivity contribution < 1.29 is 27.5 Å². The molecule has 150 valence electrons. The number of hydrogen-bond acceptors (Lipinski definition) is 3. The van der Waals surface area contributed by atoms with E-state index in [1.54, 1.807) is 0 Å². The first-order valence-corrected chi connectivity index (χ1v) is 8.95. The van der Waals surface area contributed by atoms with Crippen LogP contribution in [0.1, 0.15) is 41.3 Å². The molecule has 1 aliphatic carbocycles. The first kappa shape index (κ1) is 20.8. The van der Waals surface area contributed by atoms with Gasteiger partial charge in [-0.1, -0.05) is 29.3 Å². The van der Waals surface area contributed by atoms with Crippen molar-refractivity contribution in [2.45, 2.75) is 37.3 Å². The lowest BCUT2D eigenvalue weighted by Gasteiger charge is -2.32. The number of halogens is 6. The lowest BCUT2D eigenvalue weighted by Crippen LogP contribution is -2.44. The predicted octanol–water partition coefficient (Wildman–Crippen LogP) is 4.72. The summed E-state index contributed by atoms with van der Waals surface area (Å²) in [6.45, 7) is -0.363. The van der Waals surface area contributed by atoms with Crippen LogP contribution in [0, 0.1) is 0 Å². The molecule has 1 aromatic carbocycles. The number of pyridine rings is 1. The number of aliphatic hydroxyl groups is 1. The molecule has 1 amide bonds. The molecule has 0 fully saturated rings. The first-order valence-electron chi connectivity index (χ1n) is 8.20. The van der Waals surface area contributed by atoms with E-state index < -0.39 is 29.4 Å². The zero-order valence-electron chi connectivity index (χ0n) is 14.2. The van der Waals surface area contributed by atoms with E-state index in [9.17, 15) is 23.1 Å². The van der Waals surface area contributed by atoms with Gasteiger partial charge in [-0.15, -0.1) is 0 Å². The van der Waals surface area contributed by atoms with Gasteiger partial charge in [-0.05, 0) is 31.0 Å². The van der Waals surface area contributed by atoms with E-state index in [0.717, 1.165) is 0 Å². The highest BCUT2D eigenvalue weighted by molar-refractivity contribution is 6.36. The Labute approximate surface area is 167 Å². The maximum atomic E-state index is 15.5. The van der Waals surface area contributed by atoms with Gasteiger partial charge in [0, 0.05) is 33.9 Å². The largest absolute Gasteiger partial charge is 0.416 e. The van der Waals surface area contributed by atoms with Crippen LogP contribution in [0.15, 0.2) is 30.5 Å². The molecule has 1 aromatic heterocycles. The van der Waals surface area contributed by atoms with Crippen LogP contribution in [0.4, 0.5) is 17.6 Å². The predicted molar refractivity (Wildman–Crippen MR) is 94.5 cm³/mol. The Bertz CT molecular complexity index is 900. The summed E-state index contributed by atoms with van der Waals surface area (Å²) in [6, 6.07) is 4.19. The van der Waals surface area contributed by atoms with Crippen molar-refractivity contribution in [3.05, 3.63) is 62.9 Å². The first-order chi connectivity index (χ1) is 13.0. The molecular weight excluding hydrogens is 423 g/mol. The van der Waals surface area contributed by atoms with Crippen molar-refractivity contribution >= 4 is 29.1 Å². The number of benzene rings is 1. The highest BCUT2D eigenvalue weighted by Gasteiger charge is 2.46. The van der Waals surface area contributed by atoms with Crippen LogP contribution >= 0.6 is 23.2 Å². The second-order valence-corrected chi connectivity index (χ2v) is 7.21. The summed E-state index contributed by atoms with van der Waals surface area (Å²) >= 11 is 11.7. The highest BCUT2D eigenvalue weighted by atomic mass is 35.5. The van der Waals surface area contributed by atoms with Crippen molar-refractivity contribution in [2.24, 2.45) is 0 Å². The SMILES string of the molecule is O=C(NCc1c(Cl)cc(C(F)(F)F)cc1Cl)[C@]1(F)CC[C@@H](O)c2ncccc21. The van der Waals surface area contributed by atoms with Gasteiger partial charge in [-0.3, -0.25) is 9.78 Å². The van der Waals surface area contributed by atoms with Crippen LogP contribution in [0.5, 0.6) is 0 Å². The molecule has 1 heterocycles. The number of nitrogens with zero attached hydrogens (tertiary/aromatic N) is 1. The van der Waals surface area contributed by atoms with E-state index in [-0.39, 0.29) is 46.3 Å². The average molecular weight is 437 g/mol. The maximum Gasteiger partial charge on any atom is 0.416 e. The number of hydrogen-bond donors (Lipinski definition) is 2. The molecule has 3 rings (SSSR count). The second-order valence-electron chi connectivity index (χ2n) is 6.39. The molecule has 28 heavy (non-hydrogen) atoms. The lowest BCUT2D eigenvalue weighted by molar-refractivity contribution is -0.138. The summed E-state index contributed by atoms with van der Waals surface area (Å²) in [5.74, 6) is -1.01. The van der Waals surface area contributed by atoms with E-state index in [4.69, 9.17) is 23.2 Å². The number of carbonyl (C=O) groups is 1. The molecular formula is C18H14Cl2F4N2O2. The van der Waals surface area contributed by atoms with Crippen molar-refractivity contribution in [3.63, 3.8) is 0 Å². The summed E-state index contributed by atoms with van der Waals surface area (Å²) < 4.78 is 53.9. The van der Waals surface area contributed by atoms with Crippen LogP contribution in [0.3, 0.4) is 0 Å². The Balaban J connectivity index is 1.83. The molecule has 0 spiro atoms. The van der Waals surface area contributed by atoms with Gasteiger partial charge in [0.25, 0.3) is 5.91 Å². The lowest BCUT2D eigenvalue weighted by atomic mass is 9.81. The summed E-state index contributed by atoms with van der Waals surface area (Å²) in [7, 11) is 0. The van der Waals surface area contributed by atoms with Gasteiger partial charge < -0.3 is 10.4 Å². The molecule has 4 nitrogen and oxygen atoms in total. The highest BCUT2D eigenvalue weighted by Crippen LogP contribution is 2.42. The monoisotopic (exact) mass is 436 g/mol. The molecule has 1 aliphatic rings. The topological polar surface area (TPSA) is 62.2 Å². The third-order valence-electron chi connectivity index (χ3n) is 4.60. The average Bonchev–Trinajstić information content (AvgIpc) is 2.63. The van der Waals surface area contributed by atoms with Crippen molar-refractivity contribution in [1.29, 1.82) is 0 Å². The number of nitrogens with one attached hydrogen (secondary N) is 1. The Hall–Kier alpha value is -1.90. The zero-order chi connectivity index (χ0) is 20.7. The number of alkyl halides is 4. The minimum atomic E-state index is -4.63. The quantitative estimate of drug-likeness (QED) is 0.684. The second kappa shape index (κ2) is 7.50. The molecule has 2 atom stereocenters. The van der Waals surface area contributed by atoms with Gasteiger partial charge in [-0.25, -0.2) is 4.39 Å². The van der Waals surface area contributed by atoms with Gasteiger partial charge in [0.2, 0.25) is 5.67 Å². The van der Waals surface area contributed by atoms with E-state index in [0.29, 0.717) is 12.1 Å². The normalized spacial score (nSPS) is 21.9. The number of aliphatic hydroxyl groups excluding tert-OH is 1. The minimum Gasteiger partial charge on any atom is -0.387 e. The molecule has 0 saturated carbocycles. The van der Waals surface area contributed by atoms with Gasteiger partial charge in [0.1, 0.15) is 0 Å².